The third-order valence-corrected chi connectivity index (χ3v) is 25.9. The van der Waals surface area contributed by atoms with Gasteiger partial charge in [0.25, 0.3) is 0 Å². The van der Waals surface area contributed by atoms with Crippen molar-refractivity contribution < 1.29 is 9.47 Å². The van der Waals surface area contributed by atoms with E-state index in [1.807, 2.05) is 48.5 Å². The van der Waals surface area contributed by atoms with E-state index in [-0.39, 0.29) is 0 Å². The van der Waals surface area contributed by atoms with Gasteiger partial charge in [0, 0.05) is 78.6 Å². The Morgan fingerprint density at radius 3 is 1.06 bits per heavy atom. The molecular formula is C116H71N7O2. The molecule has 0 radical (unpaired) electrons. The number of para-hydroxylation sites is 9. The zero-order valence-electron chi connectivity index (χ0n) is 67.4. The lowest BCUT2D eigenvalue weighted by atomic mass is 9.66. The second-order valence-electron chi connectivity index (χ2n) is 32.6. The predicted octanol–water partition coefficient (Wildman–Crippen LogP) is 28.6. The zero-order valence-corrected chi connectivity index (χ0v) is 67.4. The van der Waals surface area contributed by atoms with Crippen LogP contribution in [0.5, 0.6) is 23.0 Å². The molecule has 0 saturated heterocycles. The standard InChI is InChI=1S/C59H36N4O.C57H35N3O/c1-3-18-47-42(16-1)45-35-46-44(36-50(45)59(47)48-19-4-7-24-56(48)64-57-25-8-5-20-49(57)59)43-17-2-6-21-51(43)63-58(46)40-15-13-14-39(32-40)37-26-28-38(29-27-37)41-33-54(52-22-9-11-30-60-52)62-55(34-41)53-23-10-12-31-61-53;1-2-17-40(18-3-1)60-52-26-11-10-25-51(52)59-56(60)37-31-29-36(30-32-37)38-15-14-16-39(33-38)55-45-34-44-41-19-4-6-21-46(41)57(49(44)35-43(45)42-20-5-9-24-50(42)58-55)47-22-7-12-27-53(47)61-54-28-13-8-23-48(54)57/h1-36H;1-35H. The minimum atomic E-state index is -0.557. The van der Waals surface area contributed by atoms with Crippen LogP contribution in [0.25, 0.3) is 172 Å². The Balaban J connectivity index is 0.000000137. The van der Waals surface area contributed by atoms with Crippen LogP contribution in [-0.2, 0) is 10.8 Å². The molecule has 0 N–H and O–H groups in total. The van der Waals surface area contributed by atoms with Gasteiger partial charge < -0.3 is 9.47 Å². The van der Waals surface area contributed by atoms with E-state index >= 15 is 0 Å². The lowest BCUT2D eigenvalue weighted by Gasteiger charge is -2.39. The first-order valence-electron chi connectivity index (χ1n) is 42.4. The molecule has 2 aliphatic heterocycles. The number of hydrogen-bond donors (Lipinski definition) is 0. The van der Waals surface area contributed by atoms with Crippen molar-refractivity contribution in [2.24, 2.45) is 0 Å². The van der Waals surface area contributed by atoms with Crippen LogP contribution in [0.1, 0.15) is 44.5 Å². The maximum Gasteiger partial charge on any atom is 0.145 e. The Kier molecular flexibility index (Phi) is 16.3. The Labute approximate surface area is 720 Å². The Morgan fingerprint density at radius 1 is 0.208 bits per heavy atom. The molecule has 6 aromatic heterocycles. The average molecular weight is 1590 g/mol. The van der Waals surface area contributed by atoms with Gasteiger partial charge in [-0.15, -0.1) is 0 Å². The molecule has 0 unspecified atom stereocenters. The molecular weight excluding hydrogens is 1520 g/mol. The van der Waals surface area contributed by atoms with Gasteiger partial charge in [-0.05, 0) is 222 Å². The van der Waals surface area contributed by atoms with Gasteiger partial charge in [0.1, 0.15) is 28.8 Å². The second-order valence-corrected chi connectivity index (χ2v) is 32.6. The highest BCUT2D eigenvalue weighted by Gasteiger charge is 2.53. The van der Waals surface area contributed by atoms with E-state index in [1.165, 1.54) is 55.3 Å². The molecule has 26 rings (SSSR count). The summed E-state index contributed by atoms with van der Waals surface area (Å²) in [6, 6.07) is 149. The van der Waals surface area contributed by atoms with Gasteiger partial charge in [-0.2, -0.15) is 0 Å². The summed E-state index contributed by atoms with van der Waals surface area (Å²) in [6.45, 7) is 0. The van der Waals surface area contributed by atoms with Gasteiger partial charge >= 0.3 is 0 Å². The summed E-state index contributed by atoms with van der Waals surface area (Å²) in [5, 5.41) is 6.88. The lowest BCUT2D eigenvalue weighted by Crippen LogP contribution is -2.32. The van der Waals surface area contributed by atoms with E-state index in [0.717, 1.165) is 185 Å². The summed E-state index contributed by atoms with van der Waals surface area (Å²) in [5.74, 6) is 4.48. The smallest absolute Gasteiger partial charge is 0.145 e. The number of nitrogens with zero attached hydrogens (tertiary/aromatic N) is 7. The molecule has 2 spiro atoms. The van der Waals surface area contributed by atoms with E-state index in [1.54, 1.807) is 12.4 Å². The number of benzene rings is 16. The van der Waals surface area contributed by atoms with Crippen molar-refractivity contribution in [2.45, 2.75) is 10.8 Å². The maximum atomic E-state index is 6.63. The number of pyridine rings is 5. The summed E-state index contributed by atoms with van der Waals surface area (Å²) >= 11 is 0. The molecule has 8 heterocycles. The van der Waals surface area contributed by atoms with Gasteiger partial charge in [-0.3, -0.25) is 14.5 Å². The number of fused-ring (bicyclic) bond motifs is 25. The summed E-state index contributed by atoms with van der Waals surface area (Å²) in [7, 11) is 0. The first-order valence-corrected chi connectivity index (χ1v) is 42.4. The van der Waals surface area contributed by atoms with E-state index in [0.29, 0.717) is 0 Å². The first-order chi connectivity index (χ1) is 61.9. The molecule has 22 aromatic rings. The Bertz CT molecular complexity index is 8020. The normalized spacial score (nSPS) is 13.1. The number of hydrogen-bond acceptors (Lipinski definition) is 8. The molecule has 0 bridgehead atoms. The molecule has 0 fully saturated rings. The molecule has 9 nitrogen and oxygen atoms in total. The van der Waals surface area contributed by atoms with Crippen molar-refractivity contribution in [3.63, 3.8) is 0 Å². The molecule has 4 aliphatic rings. The van der Waals surface area contributed by atoms with Crippen LogP contribution in [0.15, 0.2) is 431 Å². The topological polar surface area (TPSA) is 101 Å². The molecule has 0 saturated carbocycles. The fraction of sp³-hybridized carbons (Fsp3) is 0.0172. The highest BCUT2D eigenvalue weighted by molar-refractivity contribution is 6.16. The third-order valence-electron chi connectivity index (χ3n) is 25.9. The van der Waals surface area contributed by atoms with E-state index < -0.39 is 10.8 Å². The van der Waals surface area contributed by atoms with Crippen molar-refractivity contribution in [1.82, 2.24) is 34.5 Å². The zero-order chi connectivity index (χ0) is 82.3. The van der Waals surface area contributed by atoms with Gasteiger partial charge in [0.15, 0.2) is 0 Å². The molecule has 2 aliphatic carbocycles. The van der Waals surface area contributed by atoms with Crippen molar-refractivity contribution in [1.29, 1.82) is 0 Å². The lowest BCUT2D eigenvalue weighted by molar-refractivity contribution is 0.436. The van der Waals surface area contributed by atoms with E-state index in [9.17, 15) is 0 Å². The number of ether oxygens (including phenoxy) is 2. The van der Waals surface area contributed by atoms with Crippen LogP contribution in [-0.4, -0.2) is 34.5 Å². The molecule has 9 heteroatoms. The van der Waals surface area contributed by atoms with Crippen LogP contribution >= 0.6 is 0 Å². The van der Waals surface area contributed by atoms with E-state index in [2.05, 4.69) is 385 Å². The fourth-order valence-electron chi connectivity index (χ4n) is 20.4. The van der Waals surface area contributed by atoms with Gasteiger partial charge in [-0.1, -0.05) is 285 Å². The first kappa shape index (κ1) is 71.3. The fourth-order valence-corrected chi connectivity index (χ4v) is 20.4. The Morgan fingerprint density at radius 2 is 0.592 bits per heavy atom. The monoisotopic (exact) mass is 1590 g/mol. The summed E-state index contributed by atoms with van der Waals surface area (Å²) in [5.41, 5.74) is 33.6. The van der Waals surface area contributed by atoms with Crippen molar-refractivity contribution >= 4 is 54.4 Å². The minimum absolute atomic E-state index is 0.548. The average Bonchev–Trinajstić information content (AvgIpc) is 1.53. The molecule has 16 aromatic carbocycles. The van der Waals surface area contributed by atoms with Gasteiger partial charge in [-0.25, -0.2) is 19.9 Å². The molecule has 0 amide bonds. The molecule has 582 valence electrons. The van der Waals surface area contributed by atoms with Crippen molar-refractivity contribution in [3.05, 3.63) is 475 Å². The van der Waals surface area contributed by atoms with Crippen molar-refractivity contribution in [2.75, 3.05) is 0 Å². The summed E-state index contributed by atoms with van der Waals surface area (Å²) in [4.78, 5) is 30.2. The Hall–Kier alpha value is -16.6. The van der Waals surface area contributed by atoms with Gasteiger partial charge in [0.2, 0.25) is 0 Å². The number of rotatable bonds is 9. The van der Waals surface area contributed by atoms with Crippen molar-refractivity contribution in [3.8, 4) is 141 Å². The third kappa shape index (κ3) is 11.2. The van der Waals surface area contributed by atoms with Crippen LogP contribution in [0.3, 0.4) is 0 Å². The second kappa shape index (κ2) is 28.5. The predicted molar refractivity (Wildman–Crippen MR) is 505 cm³/mol. The van der Waals surface area contributed by atoms with Crippen LogP contribution < -0.4 is 9.47 Å². The minimum Gasteiger partial charge on any atom is -0.457 e. The highest BCUT2D eigenvalue weighted by Crippen LogP contribution is 2.65. The van der Waals surface area contributed by atoms with Crippen LogP contribution in [0.4, 0.5) is 0 Å². The van der Waals surface area contributed by atoms with E-state index in [4.69, 9.17) is 29.4 Å². The molecule has 125 heavy (non-hydrogen) atoms. The summed E-state index contributed by atoms with van der Waals surface area (Å²) < 4.78 is 15.5. The number of aromatic nitrogens is 7. The maximum absolute atomic E-state index is 6.63. The number of imidazole rings is 1. The summed E-state index contributed by atoms with van der Waals surface area (Å²) in [6.07, 6.45) is 3.60. The quantitative estimate of drug-likeness (QED) is 0.132. The van der Waals surface area contributed by atoms with Crippen LogP contribution in [0.2, 0.25) is 0 Å². The largest absolute Gasteiger partial charge is 0.457 e. The van der Waals surface area contributed by atoms with Gasteiger partial charge in [0.05, 0.1) is 67.1 Å². The SMILES string of the molecule is c1ccc(-c2cc(-c3ccc(-c4cccc(-c5nc6ccccc6c6cc7c(cc56)-c5ccccc5C75c6ccccc6Oc6ccccc65)c4)cc3)cc(-c3ccccn3)n2)nc1.c1ccc(-n2c(-c3ccc(-c4cccc(-c5nc6ccccc6c6cc7c(cc56)-c5ccccc5C75c6ccccc6Oc6ccccc65)c4)cc3)nc3ccccc32)cc1. The van der Waals surface area contributed by atoms with Crippen LogP contribution in [0, 0.1) is 0 Å². The molecule has 0 atom stereocenters. The highest BCUT2D eigenvalue weighted by atomic mass is 16.5.